The Kier molecular flexibility index (Phi) is 8.22. The van der Waals surface area contributed by atoms with Crippen LogP contribution in [0.4, 0.5) is 5.69 Å². The first kappa shape index (κ1) is 24.6. The molecule has 1 heterocycles. The standard InChI is InChI=1S/C30H33N3OS/c1-4-34-29-16-14-27(15-17-29)31-30(35)33(20-25-9-6-5-7-10-25)22-28-11-8-18-32(28)21-26-13-12-23(2)19-24(26)3/h5-19H,4,20-22H2,1-3H3,(H,31,35). The molecule has 0 bridgehead atoms. The molecule has 5 heteroatoms. The number of nitrogens with one attached hydrogen (secondary N) is 1. The van der Waals surface area contributed by atoms with Gasteiger partial charge in [0.2, 0.25) is 0 Å². The Morgan fingerprint density at radius 3 is 2.40 bits per heavy atom. The van der Waals surface area contributed by atoms with Crippen LogP contribution in [0.25, 0.3) is 0 Å². The highest BCUT2D eigenvalue weighted by atomic mass is 32.1. The summed E-state index contributed by atoms with van der Waals surface area (Å²) in [6, 6.07) is 29.3. The van der Waals surface area contributed by atoms with E-state index in [0.29, 0.717) is 18.3 Å². The molecule has 35 heavy (non-hydrogen) atoms. The topological polar surface area (TPSA) is 29.4 Å². The molecule has 180 valence electrons. The summed E-state index contributed by atoms with van der Waals surface area (Å²) in [5, 5.41) is 4.11. The lowest BCUT2D eigenvalue weighted by Gasteiger charge is -2.27. The Hall–Kier alpha value is -3.57. The van der Waals surface area contributed by atoms with Crippen LogP contribution in [0, 0.1) is 13.8 Å². The van der Waals surface area contributed by atoms with Crippen molar-refractivity contribution in [1.29, 1.82) is 0 Å². The van der Waals surface area contributed by atoms with Crippen molar-refractivity contribution in [1.82, 2.24) is 9.47 Å². The van der Waals surface area contributed by atoms with E-state index in [1.54, 1.807) is 0 Å². The molecular weight excluding hydrogens is 450 g/mol. The molecule has 0 spiro atoms. The fourth-order valence-corrected chi connectivity index (χ4v) is 4.40. The van der Waals surface area contributed by atoms with Crippen LogP contribution < -0.4 is 10.1 Å². The van der Waals surface area contributed by atoms with E-state index in [9.17, 15) is 0 Å². The van der Waals surface area contributed by atoms with Crippen LogP contribution in [0.5, 0.6) is 5.75 Å². The fraction of sp³-hybridized carbons (Fsp3) is 0.233. The first-order chi connectivity index (χ1) is 17.0. The van der Waals surface area contributed by atoms with Gasteiger partial charge in [-0.1, -0.05) is 54.1 Å². The zero-order chi connectivity index (χ0) is 24.6. The summed E-state index contributed by atoms with van der Waals surface area (Å²) < 4.78 is 7.88. The minimum atomic E-state index is 0.651. The van der Waals surface area contributed by atoms with Crippen molar-refractivity contribution in [2.24, 2.45) is 0 Å². The van der Waals surface area contributed by atoms with Crippen LogP contribution in [-0.4, -0.2) is 21.2 Å². The molecule has 0 aliphatic heterocycles. The van der Waals surface area contributed by atoms with Gasteiger partial charge in [0.25, 0.3) is 0 Å². The lowest BCUT2D eigenvalue weighted by Crippen LogP contribution is -2.34. The van der Waals surface area contributed by atoms with Gasteiger partial charge in [-0.3, -0.25) is 0 Å². The molecule has 0 aliphatic carbocycles. The number of hydrogen-bond donors (Lipinski definition) is 1. The molecule has 0 aliphatic rings. The largest absolute Gasteiger partial charge is 0.494 e. The molecule has 4 rings (SSSR count). The Labute approximate surface area is 214 Å². The molecular formula is C30H33N3OS. The lowest BCUT2D eigenvalue weighted by atomic mass is 10.1. The second-order valence-electron chi connectivity index (χ2n) is 8.79. The number of nitrogens with zero attached hydrogens (tertiary/aromatic N) is 2. The summed E-state index contributed by atoms with van der Waals surface area (Å²) in [7, 11) is 0. The van der Waals surface area contributed by atoms with Gasteiger partial charge in [-0.15, -0.1) is 0 Å². The van der Waals surface area contributed by atoms with Gasteiger partial charge in [0.15, 0.2) is 5.11 Å². The van der Waals surface area contributed by atoms with Gasteiger partial charge in [0.1, 0.15) is 5.75 Å². The van der Waals surface area contributed by atoms with Crippen LogP contribution >= 0.6 is 12.2 Å². The minimum Gasteiger partial charge on any atom is -0.494 e. The summed E-state index contributed by atoms with van der Waals surface area (Å²) in [4.78, 5) is 2.22. The molecule has 0 unspecified atom stereocenters. The predicted molar refractivity (Wildman–Crippen MR) is 149 cm³/mol. The molecule has 0 atom stereocenters. The molecule has 1 aromatic heterocycles. The molecule has 0 saturated heterocycles. The maximum atomic E-state index is 5.90. The number of rotatable bonds is 9. The molecule has 0 amide bonds. The van der Waals surface area contributed by atoms with Crippen molar-refractivity contribution < 1.29 is 4.74 Å². The van der Waals surface area contributed by atoms with E-state index >= 15 is 0 Å². The fourth-order valence-electron chi connectivity index (χ4n) is 4.16. The third-order valence-electron chi connectivity index (χ3n) is 6.04. The van der Waals surface area contributed by atoms with E-state index in [2.05, 4.69) is 89.4 Å². The summed E-state index contributed by atoms with van der Waals surface area (Å²) in [5.74, 6) is 0.856. The third kappa shape index (κ3) is 6.74. The number of thiocarbonyl (C=S) groups is 1. The van der Waals surface area contributed by atoms with Gasteiger partial charge in [-0.25, -0.2) is 0 Å². The van der Waals surface area contributed by atoms with Crippen molar-refractivity contribution in [3.05, 3.63) is 119 Å². The Balaban J connectivity index is 1.53. The summed E-state index contributed by atoms with van der Waals surface area (Å²) >= 11 is 5.90. The number of benzene rings is 3. The smallest absolute Gasteiger partial charge is 0.174 e. The second-order valence-corrected chi connectivity index (χ2v) is 9.17. The maximum absolute atomic E-state index is 5.90. The highest BCUT2D eigenvalue weighted by Crippen LogP contribution is 2.19. The quantitative estimate of drug-likeness (QED) is 0.261. The zero-order valence-electron chi connectivity index (χ0n) is 20.7. The van der Waals surface area contributed by atoms with Crippen LogP contribution in [0.1, 0.15) is 34.9 Å². The summed E-state index contributed by atoms with van der Waals surface area (Å²) in [6.45, 7) is 9.22. The maximum Gasteiger partial charge on any atom is 0.174 e. The van der Waals surface area contributed by atoms with Gasteiger partial charge in [0, 0.05) is 30.7 Å². The first-order valence-electron chi connectivity index (χ1n) is 12.0. The van der Waals surface area contributed by atoms with Crippen LogP contribution in [0.3, 0.4) is 0 Å². The Bertz CT molecular complexity index is 1250. The highest BCUT2D eigenvalue weighted by Gasteiger charge is 2.15. The predicted octanol–water partition coefficient (Wildman–Crippen LogP) is 6.95. The molecule has 4 aromatic rings. The van der Waals surface area contributed by atoms with Crippen molar-refractivity contribution in [3.8, 4) is 5.75 Å². The van der Waals surface area contributed by atoms with Crippen molar-refractivity contribution in [2.75, 3.05) is 11.9 Å². The van der Waals surface area contributed by atoms with Gasteiger partial charge >= 0.3 is 0 Å². The van der Waals surface area contributed by atoms with E-state index < -0.39 is 0 Å². The second kappa shape index (κ2) is 11.7. The molecule has 3 aromatic carbocycles. The van der Waals surface area contributed by atoms with E-state index in [1.807, 2.05) is 37.3 Å². The number of ether oxygens (including phenoxy) is 1. The molecule has 1 N–H and O–H groups in total. The van der Waals surface area contributed by atoms with Crippen molar-refractivity contribution in [3.63, 3.8) is 0 Å². The average molecular weight is 484 g/mol. The lowest BCUT2D eigenvalue weighted by molar-refractivity contribution is 0.340. The van der Waals surface area contributed by atoms with E-state index in [1.165, 1.54) is 27.9 Å². The van der Waals surface area contributed by atoms with Crippen LogP contribution in [0.15, 0.2) is 91.1 Å². The molecule has 0 radical (unpaired) electrons. The average Bonchev–Trinajstić information content (AvgIpc) is 3.29. The Morgan fingerprint density at radius 1 is 0.914 bits per heavy atom. The number of aryl methyl sites for hydroxylation is 2. The van der Waals surface area contributed by atoms with E-state index in [-0.39, 0.29) is 0 Å². The number of anilines is 1. The van der Waals surface area contributed by atoms with E-state index in [4.69, 9.17) is 17.0 Å². The Morgan fingerprint density at radius 2 is 1.69 bits per heavy atom. The SMILES string of the molecule is CCOc1ccc(NC(=S)N(Cc2ccccc2)Cc2cccn2Cc2ccc(C)cc2C)cc1. The van der Waals surface area contributed by atoms with Crippen molar-refractivity contribution in [2.45, 2.75) is 40.4 Å². The molecule has 0 saturated carbocycles. The van der Waals surface area contributed by atoms with Gasteiger partial charge in [-0.05, 0) is 86.1 Å². The van der Waals surface area contributed by atoms with Gasteiger partial charge in [0.05, 0.1) is 13.2 Å². The van der Waals surface area contributed by atoms with E-state index in [0.717, 1.165) is 24.5 Å². The summed E-state index contributed by atoms with van der Waals surface area (Å²) in [5.41, 5.74) is 7.32. The van der Waals surface area contributed by atoms with Gasteiger partial charge < -0.3 is 19.5 Å². The zero-order valence-corrected chi connectivity index (χ0v) is 21.5. The number of hydrogen-bond acceptors (Lipinski definition) is 2. The van der Waals surface area contributed by atoms with Crippen LogP contribution in [0.2, 0.25) is 0 Å². The van der Waals surface area contributed by atoms with Crippen LogP contribution in [-0.2, 0) is 19.6 Å². The monoisotopic (exact) mass is 483 g/mol. The normalized spacial score (nSPS) is 10.7. The summed E-state index contributed by atoms with van der Waals surface area (Å²) in [6.07, 6.45) is 2.15. The first-order valence-corrected chi connectivity index (χ1v) is 12.5. The minimum absolute atomic E-state index is 0.651. The van der Waals surface area contributed by atoms with Gasteiger partial charge in [-0.2, -0.15) is 0 Å². The molecule has 4 nitrogen and oxygen atoms in total. The van der Waals surface area contributed by atoms with Crippen molar-refractivity contribution >= 4 is 23.0 Å². The number of aromatic nitrogens is 1. The molecule has 0 fully saturated rings. The highest BCUT2D eigenvalue weighted by molar-refractivity contribution is 7.80. The third-order valence-corrected chi connectivity index (χ3v) is 6.40.